The lowest BCUT2D eigenvalue weighted by atomic mass is 10.1. The van der Waals surface area contributed by atoms with Crippen molar-refractivity contribution in [1.29, 1.82) is 0 Å². The molecule has 2 heterocycles. The minimum atomic E-state index is -0.403. The summed E-state index contributed by atoms with van der Waals surface area (Å²) in [6.07, 6.45) is 0.0315. The molecule has 6 nitrogen and oxygen atoms in total. The summed E-state index contributed by atoms with van der Waals surface area (Å²) in [7, 11) is 0. The van der Waals surface area contributed by atoms with Crippen LogP contribution >= 0.6 is 11.6 Å². The summed E-state index contributed by atoms with van der Waals surface area (Å²) in [5.74, 6) is 0.259. The molecule has 1 aliphatic rings. The van der Waals surface area contributed by atoms with Gasteiger partial charge in [-0.15, -0.1) is 0 Å². The molecule has 0 fully saturated rings. The van der Waals surface area contributed by atoms with Crippen LogP contribution < -0.4 is 4.74 Å². The van der Waals surface area contributed by atoms with Gasteiger partial charge < -0.3 is 18.7 Å². The minimum absolute atomic E-state index is 0.0315. The summed E-state index contributed by atoms with van der Waals surface area (Å²) in [5.41, 5.74) is 2.75. The molecule has 1 aromatic heterocycles. The number of carbonyl (C=O) groups is 1. The zero-order chi connectivity index (χ0) is 17.2. The topological polar surface area (TPSA) is 70.8 Å². The summed E-state index contributed by atoms with van der Waals surface area (Å²) in [6.45, 7) is 0.653. The molecule has 0 spiro atoms. The van der Waals surface area contributed by atoms with Crippen molar-refractivity contribution < 1.29 is 23.5 Å². The molecule has 2 aromatic carbocycles. The van der Waals surface area contributed by atoms with Crippen molar-refractivity contribution in [3.8, 4) is 5.75 Å². The molecule has 1 aliphatic heterocycles. The van der Waals surface area contributed by atoms with E-state index in [0.29, 0.717) is 34.2 Å². The molecule has 0 unspecified atom stereocenters. The molecular weight excluding hydrogens is 346 g/mol. The van der Waals surface area contributed by atoms with Gasteiger partial charge in [0.15, 0.2) is 12.4 Å². The number of hydrogen-bond donors (Lipinski definition) is 0. The van der Waals surface area contributed by atoms with Crippen molar-refractivity contribution in [2.45, 2.75) is 19.6 Å². The maximum absolute atomic E-state index is 12.2. The van der Waals surface area contributed by atoms with Crippen LogP contribution in [0.4, 0.5) is 0 Å². The lowest BCUT2D eigenvalue weighted by molar-refractivity contribution is -0.144. The Bertz CT molecular complexity index is 936. The summed E-state index contributed by atoms with van der Waals surface area (Å²) in [6, 6.07) is 10.9. The van der Waals surface area contributed by atoms with Gasteiger partial charge in [-0.25, -0.2) is 0 Å². The monoisotopic (exact) mass is 359 g/mol. The molecule has 0 atom stereocenters. The highest BCUT2D eigenvalue weighted by atomic mass is 35.5. The number of esters is 1. The van der Waals surface area contributed by atoms with Gasteiger partial charge in [0, 0.05) is 21.5 Å². The molecule has 128 valence electrons. The maximum Gasteiger partial charge on any atom is 0.312 e. The van der Waals surface area contributed by atoms with Gasteiger partial charge in [-0.1, -0.05) is 28.9 Å². The first kappa shape index (κ1) is 15.9. The SMILES string of the molecule is O=C(Cc1noc2ccccc12)OCc1cc(Cl)cc2c1OCOC2. The zero-order valence-electron chi connectivity index (χ0n) is 13.2. The summed E-state index contributed by atoms with van der Waals surface area (Å²) in [4.78, 5) is 12.2. The first-order valence-electron chi connectivity index (χ1n) is 7.71. The number of rotatable bonds is 4. The molecule has 0 aliphatic carbocycles. The minimum Gasteiger partial charge on any atom is -0.467 e. The largest absolute Gasteiger partial charge is 0.467 e. The number of aromatic nitrogens is 1. The van der Waals surface area contributed by atoms with Crippen LogP contribution in [0.15, 0.2) is 40.9 Å². The van der Waals surface area contributed by atoms with Crippen LogP contribution in [0.3, 0.4) is 0 Å². The third kappa shape index (κ3) is 3.31. The Hall–Kier alpha value is -2.57. The average molecular weight is 360 g/mol. The number of hydrogen-bond acceptors (Lipinski definition) is 6. The highest BCUT2D eigenvalue weighted by Gasteiger charge is 2.18. The van der Waals surface area contributed by atoms with Gasteiger partial charge in [0.1, 0.15) is 18.1 Å². The second kappa shape index (κ2) is 6.74. The Kier molecular flexibility index (Phi) is 4.29. The predicted molar refractivity (Wildman–Crippen MR) is 89.2 cm³/mol. The number of carbonyl (C=O) groups excluding carboxylic acids is 1. The highest BCUT2D eigenvalue weighted by Crippen LogP contribution is 2.32. The lowest BCUT2D eigenvalue weighted by Crippen LogP contribution is -2.15. The molecule has 0 N–H and O–H groups in total. The van der Waals surface area contributed by atoms with Gasteiger partial charge in [0.2, 0.25) is 0 Å². The van der Waals surface area contributed by atoms with Crippen molar-refractivity contribution in [3.05, 3.63) is 58.2 Å². The van der Waals surface area contributed by atoms with E-state index in [0.717, 1.165) is 10.9 Å². The van der Waals surface area contributed by atoms with Crippen molar-refractivity contribution >= 4 is 28.5 Å². The molecule has 7 heteroatoms. The van der Waals surface area contributed by atoms with Crippen LogP contribution in [0, 0.1) is 0 Å². The van der Waals surface area contributed by atoms with E-state index in [1.54, 1.807) is 18.2 Å². The van der Waals surface area contributed by atoms with Crippen LogP contribution in [-0.4, -0.2) is 17.9 Å². The van der Waals surface area contributed by atoms with E-state index in [-0.39, 0.29) is 19.8 Å². The van der Waals surface area contributed by atoms with Crippen LogP contribution in [0.5, 0.6) is 5.75 Å². The van der Waals surface area contributed by atoms with E-state index in [4.69, 9.17) is 30.3 Å². The number of para-hydroxylation sites is 1. The summed E-state index contributed by atoms with van der Waals surface area (Å²) < 4.78 is 21.3. The number of benzene rings is 2. The Morgan fingerprint density at radius 1 is 1.28 bits per heavy atom. The second-order valence-electron chi connectivity index (χ2n) is 5.63. The van der Waals surface area contributed by atoms with Crippen LogP contribution in [0.25, 0.3) is 11.0 Å². The Morgan fingerprint density at radius 3 is 3.08 bits per heavy atom. The fourth-order valence-electron chi connectivity index (χ4n) is 2.78. The lowest BCUT2D eigenvalue weighted by Gasteiger charge is -2.21. The van der Waals surface area contributed by atoms with Gasteiger partial charge in [-0.2, -0.15) is 0 Å². The molecule has 0 radical (unpaired) electrons. The van der Waals surface area contributed by atoms with Crippen LogP contribution in [-0.2, 0) is 33.9 Å². The Balaban J connectivity index is 1.46. The van der Waals surface area contributed by atoms with Gasteiger partial charge in [0.05, 0.1) is 13.0 Å². The van der Waals surface area contributed by atoms with Gasteiger partial charge >= 0.3 is 5.97 Å². The Labute approximate surface area is 148 Å². The van der Waals surface area contributed by atoms with E-state index < -0.39 is 5.97 Å². The van der Waals surface area contributed by atoms with Crippen molar-refractivity contribution in [3.63, 3.8) is 0 Å². The third-order valence-electron chi connectivity index (χ3n) is 3.90. The normalized spacial score (nSPS) is 13.3. The molecule has 25 heavy (non-hydrogen) atoms. The first-order chi connectivity index (χ1) is 12.2. The quantitative estimate of drug-likeness (QED) is 0.662. The van der Waals surface area contributed by atoms with Crippen molar-refractivity contribution in [2.75, 3.05) is 6.79 Å². The predicted octanol–water partition coefficient (Wildman–Crippen LogP) is 3.63. The smallest absolute Gasteiger partial charge is 0.312 e. The average Bonchev–Trinajstić information content (AvgIpc) is 3.02. The number of halogens is 1. The summed E-state index contributed by atoms with van der Waals surface area (Å²) in [5, 5.41) is 5.29. The Morgan fingerprint density at radius 2 is 2.16 bits per heavy atom. The van der Waals surface area contributed by atoms with Gasteiger partial charge in [0.25, 0.3) is 0 Å². The zero-order valence-corrected chi connectivity index (χ0v) is 13.9. The number of ether oxygens (including phenoxy) is 3. The first-order valence-corrected chi connectivity index (χ1v) is 8.09. The molecule has 0 saturated heterocycles. The van der Waals surface area contributed by atoms with E-state index in [9.17, 15) is 4.79 Å². The van der Waals surface area contributed by atoms with Crippen molar-refractivity contribution in [1.82, 2.24) is 5.16 Å². The fourth-order valence-corrected chi connectivity index (χ4v) is 3.04. The van der Waals surface area contributed by atoms with Gasteiger partial charge in [-0.3, -0.25) is 4.79 Å². The second-order valence-corrected chi connectivity index (χ2v) is 6.06. The maximum atomic E-state index is 12.2. The molecular formula is C18H14ClNO5. The van der Waals surface area contributed by atoms with Gasteiger partial charge in [-0.05, 0) is 24.3 Å². The third-order valence-corrected chi connectivity index (χ3v) is 4.12. The van der Waals surface area contributed by atoms with E-state index >= 15 is 0 Å². The summed E-state index contributed by atoms with van der Waals surface area (Å²) >= 11 is 6.10. The number of fused-ring (bicyclic) bond motifs is 2. The molecule has 0 bridgehead atoms. The van der Waals surface area contributed by atoms with Crippen molar-refractivity contribution in [2.24, 2.45) is 0 Å². The molecule has 0 amide bonds. The fraction of sp³-hybridized carbons (Fsp3) is 0.222. The van der Waals surface area contributed by atoms with Crippen LogP contribution in [0.1, 0.15) is 16.8 Å². The molecule has 4 rings (SSSR count). The highest BCUT2D eigenvalue weighted by molar-refractivity contribution is 6.30. The van der Waals surface area contributed by atoms with Crippen LogP contribution in [0.2, 0.25) is 5.02 Å². The molecule has 0 saturated carbocycles. The molecule has 3 aromatic rings. The standard InChI is InChI=1S/C18H14ClNO5/c19-13-5-11-8-22-10-24-18(11)12(6-13)9-23-17(21)7-15-14-3-1-2-4-16(14)25-20-15/h1-6H,7-10H2. The van der Waals surface area contributed by atoms with E-state index in [1.165, 1.54) is 0 Å². The van der Waals surface area contributed by atoms with E-state index in [1.807, 2.05) is 18.2 Å². The van der Waals surface area contributed by atoms with E-state index in [2.05, 4.69) is 5.16 Å². The number of nitrogens with zero attached hydrogens (tertiary/aromatic N) is 1.